The van der Waals surface area contributed by atoms with Gasteiger partial charge in [0.25, 0.3) is 0 Å². The molecule has 0 saturated carbocycles. The highest BCUT2D eigenvalue weighted by atomic mass is 35.5. The zero-order valence-electron chi connectivity index (χ0n) is 14.1. The van der Waals surface area contributed by atoms with E-state index in [0.717, 1.165) is 30.9 Å². The minimum Gasteiger partial charge on any atom is -0.508 e. The first-order valence-electron chi connectivity index (χ1n) is 7.83. The Labute approximate surface area is 161 Å². The fourth-order valence-electron chi connectivity index (χ4n) is 2.56. The van der Waals surface area contributed by atoms with Crippen molar-refractivity contribution in [2.24, 2.45) is 0 Å². The smallest absolute Gasteiger partial charge is 0.411 e. The van der Waals surface area contributed by atoms with Gasteiger partial charge < -0.3 is 14.9 Å². The first kappa shape index (κ1) is 22.2. The minimum atomic E-state index is -5.70. The first-order valence-corrected chi connectivity index (χ1v) is 8.37. The molecule has 1 heterocycles. The van der Waals surface area contributed by atoms with E-state index in [0.29, 0.717) is 36.2 Å². The predicted molar refractivity (Wildman–Crippen MR) is 89.6 cm³/mol. The Morgan fingerprint density at radius 3 is 1.29 bits per heavy atom. The summed E-state index contributed by atoms with van der Waals surface area (Å²) in [7, 11) is 0. The highest BCUT2D eigenvalue weighted by molar-refractivity contribution is 6.18. The highest BCUT2D eigenvalue weighted by Gasteiger charge is 2.72. The van der Waals surface area contributed by atoms with Crippen LogP contribution in [0.25, 0.3) is 0 Å². The van der Waals surface area contributed by atoms with Crippen molar-refractivity contribution in [3.63, 3.8) is 0 Å². The maximum atomic E-state index is 13.6. The Morgan fingerprint density at radius 1 is 0.786 bits per heavy atom. The molecule has 28 heavy (non-hydrogen) atoms. The lowest BCUT2D eigenvalue weighted by Crippen LogP contribution is -2.54. The lowest BCUT2D eigenvalue weighted by Gasteiger charge is -2.38. The molecular weight excluding hydrogens is 414 g/mol. The molecule has 0 aromatic heterocycles. The van der Waals surface area contributed by atoms with Crippen LogP contribution in [0.5, 0.6) is 11.5 Å². The van der Waals surface area contributed by atoms with Crippen LogP contribution >= 0.6 is 11.6 Å². The molecule has 1 fully saturated rings. The molecule has 0 radical (unpaired) electrons. The van der Waals surface area contributed by atoms with E-state index in [1.807, 2.05) is 0 Å². The number of hydrogen-bond donors (Lipinski definition) is 2. The predicted octanol–water partition coefficient (Wildman–Crippen LogP) is 5.13. The fraction of sp³-hybridized carbons (Fsp3) is 0.333. The van der Waals surface area contributed by atoms with E-state index in [-0.39, 0.29) is 0 Å². The van der Waals surface area contributed by atoms with Crippen LogP contribution in [-0.2, 0) is 10.2 Å². The molecule has 0 aliphatic carbocycles. The second kappa shape index (κ2) is 8.08. The molecule has 1 unspecified atom stereocenters. The molecule has 154 valence electrons. The molecule has 0 amide bonds. The lowest BCUT2D eigenvalue weighted by molar-refractivity contribution is -0.288. The molecule has 1 aliphatic heterocycles. The molecule has 1 saturated heterocycles. The average molecular weight is 429 g/mol. The van der Waals surface area contributed by atoms with Crippen molar-refractivity contribution in [2.75, 3.05) is 12.5 Å². The zero-order valence-corrected chi connectivity index (χ0v) is 14.8. The second-order valence-corrected chi connectivity index (χ2v) is 6.26. The van der Waals surface area contributed by atoms with Crippen molar-refractivity contribution in [2.45, 2.75) is 23.9 Å². The van der Waals surface area contributed by atoms with Crippen LogP contribution < -0.4 is 0 Å². The van der Waals surface area contributed by atoms with Gasteiger partial charge in [-0.05, 0) is 35.4 Å². The Morgan fingerprint density at radius 2 is 1.11 bits per heavy atom. The fourth-order valence-corrected chi connectivity index (χ4v) is 2.74. The summed E-state index contributed by atoms with van der Waals surface area (Å²) in [6.07, 6.45) is -11.0. The number of epoxide rings is 1. The Hall–Kier alpha value is -2.13. The quantitative estimate of drug-likeness (QED) is 0.405. The van der Waals surface area contributed by atoms with Crippen LogP contribution in [0.1, 0.15) is 11.1 Å². The first-order chi connectivity index (χ1) is 12.9. The summed E-state index contributed by atoms with van der Waals surface area (Å²) >= 11 is 5.27. The van der Waals surface area contributed by atoms with Gasteiger partial charge in [-0.3, -0.25) is 0 Å². The monoisotopic (exact) mass is 428 g/mol. The molecule has 1 atom stereocenters. The molecule has 2 aromatic rings. The van der Waals surface area contributed by atoms with Gasteiger partial charge in [-0.15, -0.1) is 11.6 Å². The van der Waals surface area contributed by atoms with Crippen LogP contribution in [0.15, 0.2) is 48.5 Å². The van der Waals surface area contributed by atoms with E-state index in [4.69, 9.17) is 26.6 Å². The normalized spacial score (nSPS) is 16.9. The molecule has 0 spiro atoms. The summed E-state index contributed by atoms with van der Waals surface area (Å²) in [6.45, 7) is 0.878. The number of hydrogen-bond acceptors (Lipinski definition) is 3. The number of ether oxygens (including phenoxy) is 1. The Bertz CT molecular complexity index is 706. The summed E-state index contributed by atoms with van der Waals surface area (Å²) in [5, 5.41) is 18.3. The molecule has 3 rings (SSSR count). The number of benzene rings is 2. The molecule has 10 heteroatoms. The molecule has 1 aliphatic rings. The molecular formula is C18H15ClF6O3. The summed E-state index contributed by atoms with van der Waals surface area (Å²) in [4.78, 5) is 0. The number of rotatable bonds is 3. The van der Waals surface area contributed by atoms with Crippen molar-refractivity contribution in [1.82, 2.24) is 0 Å². The standard InChI is InChI=1S/C15H10F6O2.C3H5ClO/c16-14(17,18)13(15(19,20)21,9-1-5-11(22)6-2-9)10-3-7-12(23)8-4-10;4-1-3-2-5-3/h1-8,22-23H;3H,1-2H2. The van der Waals surface area contributed by atoms with Crippen molar-refractivity contribution in [1.29, 1.82) is 0 Å². The lowest BCUT2D eigenvalue weighted by atomic mass is 9.73. The average Bonchev–Trinajstić information content (AvgIpc) is 3.41. The minimum absolute atomic E-state index is 0.400. The molecule has 2 aromatic carbocycles. The summed E-state index contributed by atoms with van der Waals surface area (Å²) < 4.78 is 86.3. The highest BCUT2D eigenvalue weighted by Crippen LogP contribution is 2.56. The van der Waals surface area contributed by atoms with Gasteiger partial charge in [-0.1, -0.05) is 24.3 Å². The Balaban J connectivity index is 0.000000485. The van der Waals surface area contributed by atoms with Gasteiger partial charge in [0, 0.05) is 0 Å². The molecule has 2 N–H and O–H groups in total. The maximum absolute atomic E-state index is 13.6. The maximum Gasteiger partial charge on any atom is 0.411 e. The Kier molecular flexibility index (Phi) is 6.40. The van der Waals surface area contributed by atoms with E-state index in [1.165, 1.54) is 0 Å². The van der Waals surface area contributed by atoms with E-state index in [1.54, 1.807) is 0 Å². The van der Waals surface area contributed by atoms with Crippen LogP contribution in [0.3, 0.4) is 0 Å². The summed E-state index contributed by atoms with van der Waals surface area (Å²) in [6, 6.07) is 5.30. The van der Waals surface area contributed by atoms with Gasteiger partial charge in [0.15, 0.2) is 0 Å². The van der Waals surface area contributed by atoms with Gasteiger partial charge in [-0.25, -0.2) is 0 Å². The van der Waals surface area contributed by atoms with Crippen LogP contribution in [-0.4, -0.2) is 41.2 Å². The number of phenols is 2. The summed E-state index contributed by atoms with van der Waals surface area (Å²) in [5.74, 6) is -0.254. The van der Waals surface area contributed by atoms with Gasteiger partial charge in [-0.2, -0.15) is 26.3 Å². The third-order valence-electron chi connectivity index (χ3n) is 4.03. The number of phenolic OH excluding ortho intramolecular Hbond substituents is 2. The van der Waals surface area contributed by atoms with Crippen LogP contribution in [0.4, 0.5) is 26.3 Å². The van der Waals surface area contributed by atoms with Gasteiger partial charge in [0.1, 0.15) is 11.5 Å². The van der Waals surface area contributed by atoms with Crippen LogP contribution in [0.2, 0.25) is 0 Å². The topological polar surface area (TPSA) is 53.0 Å². The number of alkyl halides is 7. The third kappa shape index (κ3) is 4.47. The van der Waals surface area contributed by atoms with E-state index in [2.05, 4.69) is 0 Å². The van der Waals surface area contributed by atoms with Crippen molar-refractivity contribution in [3.05, 3.63) is 59.7 Å². The number of aromatic hydroxyl groups is 2. The van der Waals surface area contributed by atoms with E-state index >= 15 is 0 Å². The summed E-state index contributed by atoms with van der Waals surface area (Å²) in [5.41, 5.74) is -6.44. The second-order valence-electron chi connectivity index (χ2n) is 5.95. The SMILES string of the molecule is ClCC1CO1.Oc1ccc(C(c2ccc(O)cc2)(C(F)(F)F)C(F)(F)F)cc1. The zero-order chi connectivity index (χ0) is 21.2. The van der Waals surface area contributed by atoms with Crippen molar-refractivity contribution in [3.8, 4) is 11.5 Å². The number of halogens is 7. The van der Waals surface area contributed by atoms with Gasteiger partial charge in [0.05, 0.1) is 18.6 Å². The van der Waals surface area contributed by atoms with E-state index < -0.39 is 40.4 Å². The van der Waals surface area contributed by atoms with E-state index in [9.17, 15) is 26.3 Å². The third-order valence-corrected chi connectivity index (χ3v) is 4.37. The van der Waals surface area contributed by atoms with Gasteiger partial charge in [0.2, 0.25) is 5.41 Å². The molecule has 0 bridgehead atoms. The van der Waals surface area contributed by atoms with Gasteiger partial charge >= 0.3 is 12.4 Å². The van der Waals surface area contributed by atoms with Crippen molar-refractivity contribution < 1.29 is 41.3 Å². The largest absolute Gasteiger partial charge is 0.508 e. The van der Waals surface area contributed by atoms with Crippen molar-refractivity contribution >= 4 is 11.6 Å². The van der Waals surface area contributed by atoms with Crippen LogP contribution in [0, 0.1) is 0 Å². The molecule has 3 nitrogen and oxygen atoms in total.